The fourth-order valence-electron chi connectivity index (χ4n) is 2.42. The average Bonchev–Trinajstić information content (AvgIpc) is 2.51. The third-order valence-electron chi connectivity index (χ3n) is 3.42. The molecule has 0 saturated carbocycles. The Hall–Kier alpha value is -1.94. The molecule has 0 spiro atoms. The van der Waals surface area contributed by atoms with Gasteiger partial charge in [0, 0.05) is 11.6 Å². The first kappa shape index (κ1) is 15.4. The Morgan fingerprint density at radius 2 is 1.86 bits per heavy atom. The van der Waals surface area contributed by atoms with Gasteiger partial charge in [-0.15, -0.1) is 0 Å². The van der Waals surface area contributed by atoms with Gasteiger partial charge in [-0.2, -0.15) is 0 Å². The molecule has 1 unspecified atom stereocenters. The third-order valence-corrected chi connectivity index (χ3v) is 3.42. The molecular weight excluding hydrogens is 272 g/mol. The molecule has 2 nitrogen and oxygen atoms in total. The van der Waals surface area contributed by atoms with E-state index < -0.39 is 11.6 Å². The second-order valence-corrected chi connectivity index (χ2v) is 4.77. The molecule has 2 aromatic carbocycles. The van der Waals surface area contributed by atoms with Crippen LogP contribution in [0.4, 0.5) is 8.78 Å². The van der Waals surface area contributed by atoms with E-state index >= 15 is 0 Å². The summed E-state index contributed by atoms with van der Waals surface area (Å²) in [4.78, 5) is 0. The number of hydrogen-bond donors (Lipinski definition) is 1. The molecule has 0 fully saturated rings. The van der Waals surface area contributed by atoms with Crippen LogP contribution in [-0.4, -0.2) is 13.7 Å². The first-order valence-electron chi connectivity index (χ1n) is 6.96. The lowest BCUT2D eigenvalue weighted by molar-refractivity contribution is 0.398. The number of likely N-dealkylation sites (N-methyl/N-ethyl adjacent to an activating group) is 1. The van der Waals surface area contributed by atoms with E-state index in [4.69, 9.17) is 4.74 Å². The lowest BCUT2D eigenvalue weighted by Crippen LogP contribution is -2.24. The summed E-state index contributed by atoms with van der Waals surface area (Å²) >= 11 is 0. The third kappa shape index (κ3) is 3.58. The number of halogens is 2. The predicted octanol–water partition coefficient (Wildman–Crippen LogP) is 3.87. The summed E-state index contributed by atoms with van der Waals surface area (Å²) in [6, 6.07) is 11.7. The average molecular weight is 291 g/mol. The van der Waals surface area contributed by atoms with Crippen molar-refractivity contribution in [2.75, 3.05) is 13.7 Å². The van der Waals surface area contributed by atoms with Gasteiger partial charge >= 0.3 is 0 Å². The molecule has 0 saturated heterocycles. The minimum Gasteiger partial charge on any atom is -0.496 e. The molecule has 21 heavy (non-hydrogen) atoms. The van der Waals surface area contributed by atoms with Gasteiger partial charge in [-0.3, -0.25) is 0 Å². The van der Waals surface area contributed by atoms with Crippen LogP contribution in [0, 0.1) is 11.6 Å². The van der Waals surface area contributed by atoms with Gasteiger partial charge in [0.2, 0.25) is 0 Å². The van der Waals surface area contributed by atoms with Crippen LogP contribution in [0.2, 0.25) is 0 Å². The first-order valence-corrected chi connectivity index (χ1v) is 6.96. The Kier molecular flexibility index (Phi) is 5.28. The molecule has 0 aliphatic carbocycles. The van der Waals surface area contributed by atoms with E-state index in [1.54, 1.807) is 13.2 Å². The van der Waals surface area contributed by atoms with Gasteiger partial charge in [0.1, 0.15) is 5.75 Å². The van der Waals surface area contributed by atoms with Gasteiger partial charge in [-0.1, -0.05) is 37.3 Å². The Labute approximate surface area is 123 Å². The lowest BCUT2D eigenvalue weighted by atomic mass is 9.97. The highest BCUT2D eigenvalue weighted by molar-refractivity contribution is 5.37. The van der Waals surface area contributed by atoms with Crippen LogP contribution in [0.5, 0.6) is 5.75 Å². The zero-order valence-electron chi connectivity index (χ0n) is 12.2. The molecule has 2 aromatic rings. The Balaban J connectivity index is 2.33. The summed E-state index contributed by atoms with van der Waals surface area (Å²) in [5.74, 6) is -0.863. The molecule has 0 radical (unpaired) electrons. The van der Waals surface area contributed by atoms with E-state index in [2.05, 4.69) is 5.32 Å². The number of para-hydroxylation sites is 1. The Bertz CT molecular complexity index is 601. The second kappa shape index (κ2) is 7.18. The SMILES string of the molecule is CCNC(Cc1cccc(F)c1F)c1ccccc1OC. The molecule has 112 valence electrons. The van der Waals surface area contributed by atoms with Gasteiger partial charge in [0.05, 0.1) is 7.11 Å². The van der Waals surface area contributed by atoms with E-state index in [0.717, 1.165) is 23.9 Å². The molecular formula is C17H19F2NO. The van der Waals surface area contributed by atoms with Gasteiger partial charge in [-0.05, 0) is 30.7 Å². The minimum absolute atomic E-state index is 0.137. The quantitative estimate of drug-likeness (QED) is 0.872. The maximum atomic E-state index is 13.9. The van der Waals surface area contributed by atoms with Crippen LogP contribution in [-0.2, 0) is 6.42 Å². The first-order chi connectivity index (χ1) is 10.2. The van der Waals surface area contributed by atoms with Crippen LogP contribution in [0.25, 0.3) is 0 Å². The highest BCUT2D eigenvalue weighted by atomic mass is 19.2. The number of nitrogens with one attached hydrogen (secondary N) is 1. The van der Waals surface area contributed by atoms with Crippen LogP contribution in [0.15, 0.2) is 42.5 Å². The van der Waals surface area contributed by atoms with Crippen molar-refractivity contribution in [2.45, 2.75) is 19.4 Å². The Morgan fingerprint density at radius 3 is 2.57 bits per heavy atom. The molecule has 1 N–H and O–H groups in total. The zero-order valence-corrected chi connectivity index (χ0v) is 12.2. The predicted molar refractivity (Wildman–Crippen MR) is 79.5 cm³/mol. The minimum atomic E-state index is -0.817. The normalized spacial score (nSPS) is 12.2. The monoisotopic (exact) mass is 291 g/mol. The number of benzene rings is 2. The lowest BCUT2D eigenvalue weighted by Gasteiger charge is -2.21. The van der Waals surface area contributed by atoms with Crippen molar-refractivity contribution < 1.29 is 13.5 Å². The smallest absolute Gasteiger partial charge is 0.162 e. The zero-order chi connectivity index (χ0) is 15.2. The molecule has 0 bridgehead atoms. The number of ether oxygens (including phenoxy) is 1. The van der Waals surface area contributed by atoms with Crippen molar-refractivity contribution in [2.24, 2.45) is 0 Å². The number of hydrogen-bond acceptors (Lipinski definition) is 2. The molecule has 0 aromatic heterocycles. The van der Waals surface area contributed by atoms with Crippen molar-refractivity contribution in [3.8, 4) is 5.75 Å². The number of rotatable bonds is 6. The van der Waals surface area contributed by atoms with Gasteiger partial charge in [-0.25, -0.2) is 8.78 Å². The van der Waals surface area contributed by atoms with Crippen molar-refractivity contribution in [3.63, 3.8) is 0 Å². The summed E-state index contributed by atoms with van der Waals surface area (Å²) in [7, 11) is 1.60. The van der Waals surface area contributed by atoms with Crippen LogP contribution in [0.1, 0.15) is 24.1 Å². The van der Waals surface area contributed by atoms with E-state index in [-0.39, 0.29) is 6.04 Å². The van der Waals surface area contributed by atoms with Crippen molar-refractivity contribution in [3.05, 3.63) is 65.2 Å². The largest absolute Gasteiger partial charge is 0.496 e. The van der Waals surface area contributed by atoms with Crippen molar-refractivity contribution in [1.29, 1.82) is 0 Å². The summed E-state index contributed by atoms with van der Waals surface area (Å²) < 4.78 is 32.6. The molecule has 0 aliphatic heterocycles. The molecule has 1 atom stereocenters. The van der Waals surface area contributed by atoms with Crippen LogP contribution in [0.3, 0.4) is 0 Å². The number of methoxy groups -OCH3 is 1. The van der Waals surface area contributed by atoms with Gasteiger partial charge in [0.15, 0.2) is 11.6 Å². The fourth-order valence-corrected chi connectivity index (χ4v) is 2.42. The summed E-state index contributed by atoms with van der Waals surface area (Å²) in [5, 5.41) is 3.30. The van der Waals surface area contributed by atoms with E-state index in [1.165, 1.54) is 6.07 Å². The summed E-state index contributed by atoms with van der Waals surface area (Å²) in [6.45, 7) is 2.70. The highest BCUT2D eigenvalue weighted by Gasteiger charge is 2.18. The second-order valence-electron chi connectivity index (χ2n) is 4.77. The molecule has 0 heterocycles. The van der Waals surface area contributed by atoms with E-state index in [0.29, 0.717) is 12.0 Å². The molecule has 4 heteroatoms. The maximum absolute atomic E-state index is 13.9. The van der Waals surface area contributed by atoms with Crippen molar-refractivity contribution in [1.82, 2.24) is 5.32 Å². The summed E-state index contributed by atoms with van der Waals surface area (Å²) in [6.07, 6.45) is 0.359. The standard InChI is InChI=1S/C17H19F2NO/c1-3-20-15(13-8-4-5-10-16(13)21-2)11-12-7-6-9-14(18)17(12)19/h4-10,15,20H,3,11H2,1-2H3. The topological polar surface area (TPSA) is 21.3 Å². The van der Waals surface area contributed by atoms with Gasteiger partial charge in [0.25, 0.3) is 0 Å². The van der Waals surface area contributed by atoms with Crippen molar-refractivity contribution >= 4 is 0 Å². The molecule has 0 amide bonds. The van der Waals surface area contributed by atoms with Crippen LogP contribution < -0.4 is 10.1 Å². The van der Waals surface area contributed by atoms with E-state index in [9.17, 15) is 8.78 Å². The fraction of sp³-hybridized carbons (Fsp3) is 0.294. The van der Waals surface area contributed by atoms with Crippen LogP contribution >= 0.6 is 0 Å². The molecule has 0 aliphatic rings. The summed E-state index contributed by atoms with van der Waals surface area (Å²) in [5.41, 5.74) is 1.29. The van der Waals surface area contributed by atoms with E-state index in [1.807, 2.05) is 31.2 Å². The molecule has 2 rings (SSSR count). The Morgan fingerprint density at radius 1 is 1.10 bits per heavy atom. The highest BCUT2D eigenvalue weighted by Crippen LogP contribution is 2.28. The maximum Gasteiger partial charge on any atom is 0.162 e. The van der Waals surface area contributed by atoms with Gasteiger partial charge < -0.3 is 10.1 Å².